The molecule has 0 fully saturated rings. The summed E-state index contributed by atoms with van der Waals surface area (Å²) in [6.45, 7) is 2.75. The fraction of sp³-hybridized carbons (Fsp3) is 0.333. The minimum atomic E-state index is -3.90. The van der Waals surface area contributed by atoms with E-state index in [2.05, 4.69) is 19.4 Å². The molecule has 0 unspecified atom stereocenters. The molecule has 0 atom stereocenters. The van der Waals surface area contributed by atoms with E-state index >= 15 is 0 Å². The van der Waals surface area contributed by atoms with Gasteiger partial charge in [-0.2, -0.15) is 8.75 Å². The van der Waals surface area contributed by atoms with Crippen LogP contribution < -0.4 is 10.6 Å². The van der Waals surface area contributed by atoms with Crippen LogP contribution in [0.1, 0.15) is 29.9 Å². The molecule has 0 bridgehead atoms. The first-order valence-corrected chi connectivity index (χ1v) is 9.83. The molecule has 2 aromatic rings. The summed E-state index contributed by atoms with van der Waals surface area (Å²) in [6, 6.07) is 3.66. The highest BCUT2D eigenvalue weighted by Crippen LogP contribution is 2.25. The quantitative estimate of drug-likeness (QED) is 0.503. The maximum absolute atomic E-state index is 14.1. The Morgan fingerprint density at radius 3 is 2.65 bits per heavy atom. The fourth-order valence-electron chi connectivity index (χ4n) is 2.06. The lowest BCUT2D eigenvalue weighted by atomic mass is 10.2. The number of rotatable bonds is 6. The van der Waals surface area contributed by atoms with Crippen LogP contribution in [0.25, 0.3) is 0 Å². The van der Waals surface area contributed by atoms with Crippen LogP contribution in [-0.2, 0) is 15.6 Å². The number of nitrogens with zero attached hydrogens (tertiary/aromatic N) is 2. The largest absolute Gasteiger partial charge is 0.376 e. The zero-order valence-corrected chi connectivity index (χ0v) is 16.0. The number of carbonyl (C=O) groups is 1. The molecule has 0 saturated carbocycles. The maximum Gasteiger partial charge on any atom is 0.277 e. The van der Waals surface area contributed by atoms with Crippen LogP contribution in [-0.4, -0.2) is 40.7 Å². The number of halogens is 1. The highest BCUT2D eigenvalue weighted by molar-refractivity contribution is 7.92. The van der Waals surface area contributed by atoms with Crippen LogP contribution in [0.3, 0.4) is 0 Å². The van der Waals surface area contributed by atoms with Crippen molar-refractivity contribution in [2.75, 3.05) is 12.4 Å². The van der Waals surface area contributed by atoms with E-state index in [4.69, 9.17) is 5.41 Å². The van der Waals surface area contributed by atoms with Gasteiger partial charge in [0.2, 0.25) is 0 Å². The highest BCUT2D eigenvalue weighted by atomic mass is 32.2. The van der Waals surface area contributed by atoms with Crippen molar-refractivity contribution >= 4 is 39.0 Å². The smallest absolute Gasteiger partial charge is 0.277 e. The number of carbonyl (C=O) groups excluding carboxylic acids is 1. The third-order valence-corrected chi connectivity index (χ3v) is 6.80. The monoisotopic (exact) mass is 399 g/mol. The second-order valence-electron chi connectivity index (χ2n) is 5.95. The molecule has 140 valence electrons. The molecule has 8 nitrogen and oxygen atoms in total. The first kappa shape index (κ1) is 19.9. The van der Waals surface area contributed by atoms with Crippen molar-refractivity contribution in [1.82, 2.24) is 14.1 Å². The van der Waals surface area contributed by atoms with Gasteiger partial charge >= 0.3 is 0 Å². The Morgan fingerprint density at radius 2 is 2.08 bits per heavy atom. The zero-order valence-electron chi connectivity index (χ0n) is 14.3. The summed E-state index contributed by atoms with van der Waals surface area (Å²) in [6.07, 6.45) is 1.29. The molecule has 11 heteroatoms. The van der Waals surface area contributed by atoms with Crippen molar-refractivity contribution in [1.29, 1.82) is 5.41 Å². The minimum Gasteiger partial charge on any atom is -0.376 e. The number of anilines is 1. The predicted molar refractivity (Wildman–Crippen MR) is 97.8 cm³/mol. The number of aromatic nitrogens is 2. The Balaban J connectivity index is 2.27. The summed E-state index contributed by atoms with van der Waals surface area (Å²) >= 11 is 0.873. The molecule has 0 spiro atoms. The van der Waals surface area contributed by atoms with E-state index in [1.54, 1.807) is 0 Å². The zero-order chi connectivity index (χ0) is 19.5. The Hall–Kier alpha value is -2.40. The van der Waals surface area contributed by atoms with Crippen LogP contribution in [0.4, 0.5) is 10.1 Å². The molecular weight excluding hydrogens is 381 g/mol. The molecule has 1 heterocycles. The van der Waals surface area contributed by atoms with E-state index in [1.807, 2.05) is 0 Å². The Morgan fingerprint density at radius 1 is 1.38 bits per heavy atom. The Kier molecular flexibility index (Phi) is 5.71. The summed E-state index contributed by atoms with van der Waals surface area (Å²) < 4.78 is 45.4. The number of amidine groups is 1. The fourth-order valence-corrected chi connectivity index (χ4v) is 3.88. The van der Waals surface area contributed by atoms with E-state index in [0.717, 1.165) is 17.8 Å². The van der Waals surface area contributed by atoms with E-state index in [9.17, 15) is 17.6 Å². The molecular formula is C15H18FN5O3S2. The van der Waals surface area contributed by atoms with Crippen LogP contribution in [0.15, 0.2) is 24.4 Å². The molecule has 1 aromatic heterocycles. The summed E-state index contributed by atoms with van der Waals surface area (Å²) in [7, 11) is -2.45. The van der Waals surface area contributed by atoms with Gasteiger partial charge in [-0.25, -0.2) is 12.8 Å². The van der Waals surface area contributed by atoms with Crippen molar-refractivity contribution < 1.29 is 17.6 Å². The number of nitrogens with one attached hydrogen (secondary N) is 3. The second kappa shape index (κ2) is 7.46. The predicted octanol–water partition coefficient (Wildman–Crippen LogP) is 1.82. The van der Waals surface area contributed by atoms with Gasteiger partial charge in [-0.1, -0.05) is 0 Å². The van der Waals surface area contributed by atoms with Gasteiger partial charge in [0.25, 0.3) is 5.91 Å². The first-order valence-electron chi connectivity index (χ1n) is 7.45. The summed E-state index contributed by atoms with van der Waals surface area (Å²) in [5.74, 6) is -2.05. The molecule has 1 amide bonds. The number of hydrogen-bond donors (Lipinski definition) is 3. The van der Waals surface area contributed by atoms with Gasteiger partial charge in [-0.15, -0.1) is 0 Å². The van der Waals surface area contributed by atoms with Gasteiger partial charge in [0.05, 0.1) is 23.7 Å². The standard InChI is InChI=1S/C15H18FN5O3S2/c1-15(2,14(17)18-3)26(23,24)8-9-6-10(4-5-11(9)16)20-13(22)12-7-19-25-21-12/h4-7H,8H2,1-3H3,(H2,17,18)(H,20,22). The average molecular weight is 399 g/mol. The van der Waals surface area contributed by atoms with Crippen LogP contribution >= 0.6 is 11.7 Å². The molecule has 0 aliphatic heterocycles. The van der Waals surface area contributed by atoms with Crippen molar-refractivity contribution in [3.8, 4) is 0 Å². The Labute approximate surface area is 154 Å². The van der Waals surface area contributed by atoms with Crippen molar-refractivity contribution in [2.45, 2.75) is 24.3 Å². The number of benzene rings is 1. The van der Waals surface area contributed by atoms with Gasteiger partial charge in [0.15, 0.2) is 15.5 Å². The lowest BCUT2D eigenvalue weighted by Gasteiger charge is -2.25. The lowest BCUT2D eigenvalue weighted by Crippen LogP contribution is -2.46. The summed E-state index contributed by atoms with van der Waals surface area (Å²) in [5, 5.41) is 12.8. The third kappa shape index (κ3) is 4.05. The van der Waals surface area contributed by atoms with Crippen LogP contribution in [0, 0.1) is 11.2 Å². The molecule has 26 heavy (non-hydrogen) atoms. The van der Waals surface area contributed by atoms with E-state index in [-0.39, 0.29) is 22.8 Å². The first-order chi connectivity index (χ1) is 12.1. The molecule has 1 aromatic carbocycles. The molecule has 0 saturated heterocycles. The second-order valence-corrected chi connectivity index (χ2v) is 9.04. The highest BCUT2D eigenvalue weighted by Gasteiger charge is 2.38. The Bertz CT molecular complexity index is 927. The number of amides is 1. The molecule has 0 aliphatic rings. The summed E-state index contributed by atoms with van der Waals surface area (Å²) in [4.78, 5) is 12.0. The van der Waals surface area contributed by atoms with Crippen molar-refractivity contribution in [2.24, 2.45) is 0 Å². The van der Waals surface area contributed by atoms with Gasteiger partial charge in [0.1, 0.15) is 16.4 Å². The average Bonchev–Trinajstić information content (AvgIpc) is 3.11. The topological polar surface area (TPSA) is 125 Å². The van der Waals surface area contributed by atoms with E-state index < -0.39 is 32.1 Å². The van der Waals surface area contributed by atoms with Crippen LogP contribution in [0.5, 0.6) is 0 Å². The third-order valence-electron chi connectivity index (χ3n) is 3.87. The van der Waals surface area contributed by atoms with E-state index in [0.29, 0.717) is 0 Å². The number of sulfone groups is 1. The molecule has 3 N–H and O–H groups in total. The lowest BCUT2D eigenvalue weighted by molar-refractivity contribution is 0.102. The van der Waals surface area contributed by atoms with Crippen LogP contribution in [0.2, 0.25) is 0 Å². The van der Waals surface area contributed by atoms with Crippen molar-refractivity contribution in [3.05, 3.63) is 41.5 Å². The molecule has 0 radical (unpaired) electrons. The molecule has 0 aliphatic carbocycles. The normalized spacial score (nSPS) is 11.8. The summed E-state index contributed by atoms with van der Waals surface area (Å²) in [5.41, 5.74) is 0.240. The van der Waals surface area contributed by atoms with Gasteiger partial charge < -0.3 is 10.6 Å². The maximum atomic E-state index is 14.1. The number of hydrogen-bond acceptors (Lipinski definition) is 7. The van der Waals surface area contributed by atoms with Gasteiger partial charge in [0, 0.05) is 18.3 Å². The van der Waals surface area contributed by atoms with Gasteiger partial charge in [-0.3, -0.25) is 10.2 Å². The SMILES string of the molecule is CNC(=N)C(C)(C)S(=O)(=O)Cc1cc(NC(=O)c2cnsn2)ccc1F. The molecule has 2 rings (SSSR count). The van der Waals surface area contributed by atoms with Crippen molar-refractivity contribution in [3.63, 3.8) is 0 Å². The minimum absolute atomic E-state index is 0.101. The van der Waals surface area contributed by atoms with Gasteiger partial charge in [-0.05, 0) is 32.0 Å². The van der Waals surface area contributed by atoms with E-state index in [1.165, 1.54) is 39.2 Å².